The van der Waals surface area contributed by atoms with Gasteiger partial charge in [-0.25, -0.2) is 9.07 Å². The van der Waals surface area contributed by atoms with Gasteiger partial charge in [-0.3, -0.25) is 9.59 Å². The van der Waals surface area contributed by atoms with Crippen molar-refractivity contribution in [2.75, 3.05) is 10.6 Å². The Morgan fingerprint density at radius 1 is 1.15 bits per heavy atom. The van der Waals surface area contributed by atoms with Crippen molar-refractivity contribution in [3.63, 3.8) is 0 Å². The van der Waals surface area contributed by atoms with E-state index in [1.54, 1.807) is 30.5 Å². The highest BCUT2D eigenvalue weighted by Crippen LogP contribution is 2.34. The molecule has 2 N–H and O–H groups in total. The summed E-state index contributed by atoms with van der Waals surface area (Å²) in [7, 11) is 0. The first-order valence-corrected chi connectivity index (χ1v) is 8.11. The quantitative estimate of drug-likeness (QED) is 0.762. The molecule has 4 rings (SSSR count). The summed E-state index contributed by atoms with van der Waals surface area (Å²) < 4.78 is 14.7. The molecule has 2 aromatic carbocycles. The number of hydrogen-bond donors (Lipinski definition) is 2. The third-order valence-corrected chi connectivity index (χ3v) is 4.23. The Kier molecular flexibility index (Phi) is 3.96. The molecule has 2 amide bonds. The van der Waals surface area contributed by atoms with Crippen molar-refractivity contribution < 1.29 is 14.0 Å². The van der Waals surface area contributed by atoms with Gasteiger partial charge in [0.05, 0.1) is 12.6 Å². The fourth-order valence-electron chi connectivity index (χ4n) is 2.96. The molecule has 1 aliphatic heterocycles. The van der Waals surface area contributed by atoms with Crippen LogP contribution >= 0.6 is 0 Å². The van der Waals surface area contributed by atoms with Gasteiger partial charge in [0.2, 0.25) is 11.8 Å². The van der Waals surface area contributed by atoms with Gasteiger partial charge in [-0.05, 0) is 29.8 Å². The molecule has 3 aromatic rings. The molecule has 0 fully saturated rings. The van der Waals surface area contributed by atoms with Crippen LogP contribution in [0, 0.1) is 5.82 Å². The van der Waals surface area contributed by atoms with Crippen LogP contribution in [0.1, 0.15) is 12.5 Å². The molecule has 0 bridgehead atoms. The first-order chi connectivity index (χ1) is 12.6. The molecule has 7 heteroatoms. The Morgan fingerprint density at radius 3 is 2.62 bits per heavy atom. The van der Waals surface area contributed by atoms with E-state index in [0.29, 0.717) is 22.6 Å². The van der Waals surface area contributed by atoms with Crippen LogP contribution in [-0.2, 0) is 9.59 Å². The van der Waals surface area contributed by atoms with Gasteiger partial charge < -0.3 is 10.6 Å². The maximum absolute atomic E-state index is 13.2. The average molecular weight is 350 g/mol. The van der Waals surface area contributed by atoms with E-state index in [-0.39, 0.29) is 24.1 Å². The van der Waals surface area contributed by atoms with Crippen LogP contribution in [0.4, 0.5) is 15.9 Å². The third-order valence-electron chi connectivity index (χ3n) is 4.23. The molecular weight excluding hydrogens is 335 g/mol. The van der Waals surface area contributed by atoms with Gasteiger partial charge in [0.15, 0.2) is 0 Å². The molecule has 1 unspecified atom stereocenters. The lowest BCUT2D eigenvalue weighted by Crippen LogP contribution is -2.35. The Hall–Kier alpha value is -3.48. The van der Waals surface area contributed by atoms with Crippen molar-refractivity contribution in [2.45, 2.75) is 12.5 Å². The van der Waals surface area contributed by atoms with Gasteiger partial charge >= 0.3 is 0 Å². The molecule has 6 nitrogen and oxygen atoms in total. The number of carbonyl (C=O) groups excluding carboxylic acids is 2. The number of nitrogens with one attached hydrogen (secondary N) is 2. The molecule has 1 aromatic heterocycles. The van der Waals surface area contributed by atoms with Gasteiger partial charge in [0.1, 0.15) is 17.7 Å². The second-order valence-electron chi connectivity index (χ2n) is 5.98. The van der Waals surface area contributed by atoms with Crippen molar-refractivity contribution in [3.8, 4) is 11.1 Å². The summed E-state index contributed by atoms with van der Waals surface area (Å²) in [5.74, 6) is -0.504. The van der Waals surface area contributed by atoms with Crippen molar-refractivity contribution in [3.05, 3.63) is 66.6 Å². The molecule has 0 spiro atoms. The van der Waals surface area contributed by atoms with Gasteiger partial charge in [0.25, 0.3) is 0 Å². The van der Waals surface area contributed by atoms with E-state index in [4.69, 9.17) is 0 Å². The SMILES string of the molecule is O=C1CC(C(=O)Nc2ccccc2)n2ncc(-c3ccc(F)cc3)c2N1. The second-order valence-corrected chi connectivity index (χ2v) is 5.98. The van der Waals surface area contributed by atoms with Gasteiger partial charge in [-0.2, -0.15) is 5.10 Å². The minimum atomic E-state index is -0.756. The number of amides is 2. The van der Waals surface area contributed by atoms with Crippen LogP contribution in [-0.4, -0.2) is 21.6 Å². The van der Waals surface area contributed by atoms with E-state index in [1.165, 1.54) is 16.8 Å². The van der Waals surface area contributed by atoms with Crippen LogP contribution in [0.25, 0.3) is 11.1 Å². The van der Waals surface area contributed by atoms with Crippen molar-refractivity contribution in [1.82, 2.24) is 9.78 Å². The number of benzene rings is 2. The van der Waals surface area contributed by atoms with E-state index >= 15 is 0 Å². The predicted molar refractivity (Wildman–Crippen MR) is 95.0 cm³/mol. The number of carbonyl (C=O) groups is 2. The summed E-state index contributed by atoms with van der Waals surface area (Å²) in [6, 6.07) is 14.2. The lowest BCUT2D eigenvalue weighted by molar-refractivity contribution is -0.125. The highest BCUT2D eigenvalue weighted by atomic mass is 19.1. The Balaban J connectivity index is 1.67. The normalized spacial score (nSPS) is 15.9. The highest BCUT2D eigenvalue weighted by Gasteiger charge is 2.33. The highest BCUT2D eigenvalue weighted by molar-refractivity contribution is 6.03. The van der Waals surface area contributed by atoms with Crippen LogP contribution < -0.4 is 10.6 Å². The number of halogens is 1. The Labute approximate surface area is 148 Å². The first-order valence-electron chi connectivity index (χ1n) is 8.11. The van der Waals surface area contributed by atoms with Gasteiger partial charge in [-0.15, -0.1) is 0 Å². The van der Waals surface area contributed by atoms with Crippen molar-refractivity contribution in [2.24, 2.45) is 0 Å². The van der Waals surface area contributed by atoms with Crippen LogP contribution in [0.5, 0.6) is 0 Å². The fourth-order valence-corrected chi connectivity index (χ4v) is 2.96. The zero-order valence-electron chi connectivity index (χ0n) is 13.6. The first kappa shape index (κ1) is 16.0. The van der Waals surface area contributed by atoms with Gasteiger partial charge in [-0.1, -0.05) is 30.3 Å². The van der Waals surface area contributed by atoms with Gasteiger partial charge in [0, 0.05) is 11.3 Å². The molecular formula is C19H15FN4O2. The second kappa shape index (κ2) is 6.44. The standard InChI is InChI=1S/C19H15FN4O2/c20-13-8-6-12(7-9-13)15-11-21-24-16(10-17(25)23-18(15)24)19(26)22-14-4-2-1-3-5-14/h1-9,11,16H,10H2,(H,22,26)(H,23,25). The summed E-state index contributed by atoms with van der Waals surface area (Å²) in [6.45, 7) is 0. The number of hydrogen-bond acceptors (Lipinski definition) is 3. The lowest BCUT2D eigenvalue weighted by Gasteiger charge is -2.24. The van der Waals surface area contributed by atoms with Crippen LogP contribution in [0.2, 0.25) is 0 Å². The summed E-state index contributed by atoms with van der Waals surface area (Å²) in [5.41, 5.74) is 1.99. The molecule has 1 atom stereocenters. The molecule has 0 radical (unpaired) electrons. The lowest BCUT2D eigenvalue weighted by atomic mass is 10.1. The number of para-hydroxylation sites is 1. The average Bonchev–Trinajstić information content (AvgIpc) is 3.06. The fraction of sp³-hybridized carbons (Fsp3) is 0.105. The number of rotatable bonds is 3. The Morgan fingerprint density at radius 2 is 1.88 bits per heavy atom. The summed E-state index contributed by atoms with van der Waals surface area (Å²) in [5, 5.41) is 9.84. The van der Waals surface area contributed by atoms with E-state index in [2.05, 4.69) is 15.7 Å². The number of fused-ring (bicyclic) bond motifs is 1. The van der Waals surface area contributed by atoms with E-state index in [0.717, 1.165) is 0 Å². The third kappa shape index (κ3) is 2.95. The summed E-state index contributed by atoms with van der Waals surface area (Å²) >= 11 is 0. The maximum atomic E-state index is 13.2. The monoisotopic (exact) mass is 350 g/mol. The van der Waals surface area contributed by atoms with Crippen LogP contribution in [0.15, 0.2) is 60.8 Å². The zero-order chi connectivity index (χ0) is 18.1. The Bertz CT molecular complexity index is 967. The molecule has 0 saturated carbocycles. The molecule has 0 aliphatic carbocycles. The molecule has 26 heavy (non-hydrogen) atoms. The van der Waals surface area contributed by atoms with Crippen molar-refractivity contribution in [1.29, 1.82) is 0 Å². The minimum Gasteiger partial charge on any atom is -0.324 e. The number of aromatic nitrogens is 2. The van der Waals surface area contributed by atoms with E-state index in [1.807, 2.05) is 18.2 Å². The van der Waals surface area contributed by atoms with Crippen LogP contribution in [0.3, 0.4) is 0 Å². The van der Waals surface area contributed by atoms with Crippen molar-refractivity contribution >= 4 is 23.3 Å². The maximum Gasteiger partial charge on any atom is 0.249 e. The van der Waals surface area contributed by atoms with E-state index < -0.39 is 6.04 Å². The number of anilines is 2. The molecule has 130 valence electrons. The summed E-state index contributed by atoms with van der Waals surface area (Å²) in [6.07, 6.45) is 1.56. The topological polar surface area (TPSA) is 76.0 Å². The molecule has 1 aliphatic rings. The molecule has 0 saturated heterocycles. The largest absolute Gasteiger partial charge is 0.324 e. The smallest absolute Gasteiger partial charge is 0.249 e. The minimum absolute atomic E-state index is 0.00377. The predicted octanol–water partition coefficient (Wildman–Crippen LogP) is 3.21. The molecule has 2 heterocycles. The summed E-state index contributed by atoms with van der Waals surface area (Å²) in [4.78, 5) is 24.8. The number of nitrogens with zero attached hydrogens (tertiary/aromatic N) is 2. The van der Waals surface area contributed by atoms with E-state index in [9.17, 15) is 14.0 Å². The zero-order valence-corrected chi connectivity index (χ0v) is 13.6.